The van der Waals surface area contributed by atoms with Crippen LogP contribution < -0.4 is 5.32 Å². The molecule has 2 heterocycles. The first-order chi connectivity index (χ1) is 11.9. The van der Waals surface area contributed by atoms with Gasteiger partial charge < -0.3 is 10.2 Å². The van der Waals surface area contributed by atoms with Gasteiger partial charge in [0.25, 0.3) is 0 Å². The van der Waals surface area contributed by atoms with E-state index in [9.17, 15) is 18.0 Å². The van der Waals surface area contributed by atoms with Gasteiger partial charge in [-0.15, -0.1) is 24.8 Å². The van der Waals surface area contributed by atoms with Crippen molar-refractivity contribution in [1.82, 2.24) is 15.1 Å². The Kier molecular flexibility index (Phi) is 9.34. The number of alkyl halides is 3. The summed E-state index contributed by atoms with van der Waals surface area (Å²) < 4.78 is 38.4. The average molecular weight is 428 g/mol. The van der Waals surface area contributed by atoms with E-state index in [0.717, 1.165) is 31.9 Å². The SMILES string of the molecule is Cl.Cl.O=C(C1CCCCN1)N1CCN(Cc2cccc(C(F)(F)F)c2)CC1. The van der Waals surface area contributed by atoms with Gasteiger partial charge in [-0.25, -0.2) is 0 Å². The highest BCUT2D eigenvalue weighted by atomic mass is 35.5. The maximum Gasteiger partial charge on any atom is 0.416 e. The Hall–Kier alpha value is -1.02. The fraction of sp³-hybridized carbons (Fsp3) is 0.611. The van der Waals surface area contributed by atoms with E-state index in [1.165, 1.54) is 12.1 Å². The molecule has 0 bridgehead atoms. The minimum atomic E-state index is -4.31. The molecule has 1 atom stereocenters. The Balaban J connectivity index is 0.00000182. The second-order valence-electron chi connectivity index (χ2n) is 6.80. The first-order valence-corrected chi connectivity index (χ1v) is 8.84. The van der Waals surface area contributed by atoms with Gasteiger partial charge in [0.2, 0.25) is 5.91 Å². The fourth-order valence-corrected chi connectivity index (χ4v) is 3.51. The summed E-state index contributed by atoms with van der Waals surface area (Å²) >= 11 is 0. The van der Waals surface area contributed by atoms with Gasteiger partial charge in [0.15, 0.2) is 0 Å². The zero-order valence-corrected chi connectivity index (χ0v) is 16.6. The Labute approximate surface area is 170 Å². The summed E-state index contributed by atoms with van der Waals surface area (Å²) in [7, 11) is 0. The Morgan fingerprint density at radius 2 is 1.81 bits per heavy atom. The van der Waals surface area contributed by atoms with Crippen LogP contribution in [0.5, 0.6) is 0 Å². The number of piperazine rings is 1. The first-order valence-electron chi connectivity index (χ1n) is 8.84. The lowest BCUT2D eigenvalue weighted by molar-refractivity contribution is -0.138. The molecule has 27 heavy (non-hydrogen) atoms. The number of carbonyl (C=O) groups excluding carboxylic acids is 1. The molecular weight excluding hydrogens is 402 g/mol. The zero-order valence-electron chi connectivity index (χ0n) is 15.0. The maximum atomic E-state index is 12.8. The molecule has 1 amide bonds. The van der Waals surface area contributed by atoms with E-state index in [2.05, 4.69) is 10.2 Å². The molecule has 0 aliphatic carbocycles. The van der Waals surface area contributed by atoms with Crippen LogP contribution in [0.2, 0.25) is 0 Å². The fourth-order valence-electron chi connectivity index (χ4n) is 3.51. The highest BCUT2D eigenvalue weighted by Gasteiger charge is 2.31. The predicted octanol–water partition coefficient (Wildman–Crippen LogP) is 3.34. The van der Waals surface area contributed by atoms with Gasteiger partial charge in [0.05, 0.1) is 11.6 Å². The number of piperidine rings is 1. The van der Waals surface area contributed by atoms with Crippen molar-refractivity contribution in [3.63, 3.8) is 0 Å². The predicted molar refractivity (Wildman–Crippen MR) is 103 cm³/mol. The molecule has 154 valence electrons. The van der Waals surface area contributed by atoms with E-state index in [-0.39, 0.29) is 36.8 Å². The minimum Gasteiger partial charge on any atom is -0.339 e. The Morgan fingerprint density at radius 3 is 2.41 bits per heavy atom. The standard InChI is InChI=1S/C18H24F3N3O.2ClH/c19-18(20,21)15-5-3-4-14(12-15)13-23-8-10-24(11-9-23)17(25)16-6-1-2-7-22-16;;/h3-5,12,16,22H,1-2,6-11,13H2;2*1H. The van der Waals surface area contributed by atoms with E-state index in [4.69, 9.17) is 0 Å². The van der Waals surface area contributed by atoms with Crippen LogP contribution in [0.15, 0.2) is 24.3 Å². The molecule has 2 saturated heterocycles. The third-order valence-electron chi connectivity index (χ3n) is 4.95. The van der Waals surface area contributed by atoms with Gasteiger partial charge in [-0.05, 0) is 31.0 Å². The first kappa shape index (κ1) is 24.0. The summed E-state index contributed by atoms with van der Waals surface area (Å²) in [6.45, 7) is 4.02. The van der Waals surface area contributed by atoms with Crippen molar-refractivity contribution >= 4 is 30.7 Å². The summed E-state index contributed by atoms with van der Waals surface area (Å²) in [4.78, 5) is 16.5. The molecule has 0 aromatic heterocycles. The summed E-state index contributed by atoms with van der Waals surface area (Å²) in [6, 6.07) is 5.41. The smallest absolute Gasteiger partial charge is 0.339 e. The van der Waals surface area contributed by atoms with Crippen molar-refractivity contribution in [3.05, 3.63) is 35.4 Å². The normalized spacial score (nSPS) is 21.1. The van der Waals surface area contributed by atoms with Gasteiger partial charge in [-0.1, -0.05) is 24.6 Å². The third-order valence-corrected chi connectivity index (χ3v) is 4.95. The quantitative estimate of drug-likeness (QED) is 0.803. The monoisotopic (exact) mass is 427 g/mol. The summed E-state index contributed by atoms with van der Waals surface area (Å²) in [6.07, 6.45) is -1.22. The number of nitrogens with zero attached hydrogens (tertiary/aromatic N) is 2. The number of carbonyl (C=O) groups is 1. The molecule has 3 rings (SSSR count). The molecule has 9 heteroatoms. The molecule has 1 N–H and O–H groups in total. The van der Waals surface area contributed by atoms with Crippen molar-refractivity contribution in [2.45, 2.75) is 38.0 Å². The van der Waals surface area contributed by atoms with Crippen LogP contribution in [0.1, 0.15) is 30.4 Å². The molecule has 0 radical (unpaired) electrons. The van der Waals surface area contributed by atoms with Gasteiger partial charge in [-0.3, -0.25) is 9.69 Å². The van der Waals surface area contributed by atoms with E-state index in [0.29, 0.717) is 38.3 Å². The second-order valence-corrected chi connectivity index (χ2v) is 6.80. The van der Waals surface area contributed by atoms with Crippen molar-refractivity contribution in [1.29, 1.82) is 0 Å². The topological polar surface area (TPSA) is 35.6 Å². The lowest BCUT2D eigenvalue weighted by Gasteiger charge is -2.37. The van der Waals surface area contributed by atoms with Crippen molar-refractivity contribution in [2.75, 3.05) is 32.7 Å². The van der Waals surface area contributed by atoms with Crippen LogP contribution in [0.4, 0.5) is 13.2 Å². The molecule has 2 aliphatic heterocycles. The number of halogens is 5. The maximum absolute atomic E-state index is 12.8. The molecular formula is C18H26Cl2F3N3O. The van der Waals surface area contributed by atoms with E-state index < -0.39 is 11.7 Å². The summed E-state index contributed by atoms with van der Waals surface area (Å²) in [5.74, 6) is 0.165. The highest BCUT2D eigenvalue weighted by Crippen LogP contribution is 2.29. The number of rotatable bonds is 3. The van der Waals surface area contributed by atoms with Crippen molar-refractivity contribution in [2.24, 2.45) is 0 Å². The molecule has 1 unspecified atom stereocenters. The number of amides is 1. The van der Waals surface area contributed by atoms with Crippen LogP contribution in [-0.2, 0) is 17.5 Å². The molecule has 0 spiro atoms. The van der Waals surface area contributed by atoms with Gasteiger partial charge in [0, 0.05) is 32.7 Å². The molecule has 4 nitrogen and oxygen atoms in total. The van der Waals surface area contributed by atoms with Gasteiger partial charge in [0.1, 0.15) is 0 Å². The van der Waals surface area contributed by atoms with Crippen LogP contribution in [0, 0.1) is 0 Å². The lowest BCUT2D eigenvalue weighted by atomic mass is 10.0. The van der Waals surface area contributed by atoms with Gasteiger partial charge in [-0.2, -0.15) is 13.2 Å². The van der Waals surface area contributed by atoms with Gasteiger partial charge >= 0.3 is 6.18 Å². The lowest BCUT2D eigenvalue weighted by Crippen LogP contribution is -2.54. The number of hydrogen-bond donors (Lipinski definition) is 1. The Bertz CT molecular complexity index is 602. The second kappa shape index (κ2) is 10.5. The minimum absolute atomic E-state index is 0. The van der Waals surface area contributed by atoms with Crippen LogP contribution in [0.25, 0.3) is 0 Å². The molecule has 1 aromatic rings. The number of hydrogen-bond acceptors (Lipinski definition) is 3. The highest BCUT2D eigenvalue weighted by molar-refractivity contribution is 5.85. The van der Waals surface area contributed by atoms with E-state index in [1.54, 1.807) is 6.07 Å². The van der Waals surface area contributed by atoms with Crippen molar-refractivity contribution < 1.29 is 18.0 Å². The van der Waals surface area contributed by atoms with E-state index >= 15 is 0 Å². The molecule has 0 saturated carbocycles. The summed E-state index contributed by atoms with van der Waals surface area (Å²) in [5, 5.41) is 3.28. The molecule has 1 aromatic carbocycles. The average Bonchev–Trinajstić information content (AvgIpc) is 2.62. The van der Waals surface area contributed by atoms with Crippen LogP contribution >= 0.6 is 24.8 Å². The summed E-state index contributed by atoms with van der Waals surface area (Å²) in [5.41, 5.74) is 0.0470. The molecule has 2 aliphatic rings. The largest absolute Gasteiger partial charge is 0.416 e. The van der Waals surface area contributed by atoms with Crippen LogP contribution in [-0.4, -0.2) is 54.5 Å². The number of benzene rings is 1. The van der Waals surface area contributed by atoms with Crippen LogP contribution in [0.3, 0.4) is 0 Å². The zero-order chi connectivity index (χ0) is 17.9. The third kappa shape index (κ3) is 6.52. The van der Waals surface area contributed by atoms with E-state index in [1.807, 2.05) is 4.90 Å². The number of nitrogens with one attached hydrogen (secondary N) is 1. The van der Waals surface area contributed by atoms with Crippen molar-refractivity contribution in [3.8, 4) is 0 Å². The Morgan fingerprint density at radius 1 is 1.11 bits per heavy atom. The molecule has 2 fully saturated rings.